The Bertz CT molecular complexity index is 1120. The van der Waals surface area contributed by atoms with Crippen LogP contribution in [0.4, 0.5) is 0 Å². The Labute approximate surface area is 152 Å². The molecule has 0 atom stereocenters. The number of hydrogen-bond donors (Lipinski definition) is 1. The van der Waals surface area contributed by atoms with Gasteiger partial charge >= 0.3 is 0 Å². The Morgan fingerprint density at radius 2 is 1.65 bits per heavy atom. The first-order valence-corrected chi connectivity index (χ1v) is 9.25. The van der Waals surface area contributed by atoms with Gasteiger partial charge in [-0.1, -0.05) is 36.8 Å². The van der Waals surface area contributed by atoms with Gasteiger partial charge in [0, 0.05) is 10.8 Å². The molecule has 0 aliphatic rings. The number of hydrogen-bond acceptors (Lipinski definition) is 3. The van der Waals surface area contributed by atoms with Crippen LogP contribution in [-0.2, 0) is 6.42 Å². The minimum Gasteiger partial charge on any atom is -0.453 e. The zero-order chi connectivity index (χ0) is 18.1. The van der Waals surface area contributed by atoms with Crippen molar-refractivity contribution in [1.29, 1.82) is 0 Å². The minimum atomic E-state index is -0.0649. The summed E-state index contributed by atoms with van der Waals surface area (Å²) in [6.45, 7) is 1.13. The molecule has 0 fully saturated rings. The van der Waals surface area contributed by atoms with E-state index in [1.165, 1.54) is 18.4 Å². The second-order valence-corrected chi connectivity index (χ2v) is 7.21. The number of nitrogens with zero attached hydrogens (tertiary/aromatic N) is 1. The molecule has 2 aromatic heterocycles. The van der Waals surface area contributed by atoms with E-state index in [1.807, 2.05) is 30.3 Å². The molecule has 26 heavy (non-hydrogen) atoms. The molecule has 1 N–H and O–H groups in total. The third kappa shape index (κ3) is 3.01. The quantitative estimate of drug-likeness (QED) is 0.514. The number of aryl methyl sites for hydroxylation is 1. The Hall–Kier alpha value is -2.59. The van der Waals surface area contributed by atoms with Gasteiger partial charge in [-0.2, -0.15) is 0 Å². The van der Waals surface area contributed by atoms with Crippen molar-refractivity contribution in [2.45, 2.75) is 25.7 Å². The first-order valence-electron chi connectivity index (χ1n) is 9.25. The lowest BCUT2D eigenvalue weighted by Gasteiger charge is -2.08. The number of para-hydroxylation sites is 1. The molecule has 2 heterocycles. The summed E-state index contributed by atoms with van der Waals surface area (Å²) in [5.74, 6) is 0. The topological polar surface area (TPSA) is 49.2 Å². The highest BCUT2D eigenvalue weighted by atomic mass is 16.3. The fourth-order valence-corrected chi connectivity index (χ4v) is 3.67. The number of pyridine rings is 1. The van der Waals surface area contributed by atoms with Crippen molar-refractivity contribution in [2.75, 3.05) is 20.6 Å². The molecule has 0 bridgehead atoms. The number of furan rings is 1. The Balaban J connectivity index is 1.73. The van der Waals surface area contributed by atoms with Crippen molar-refractivity contribution >= 4 is 32.8 Å². The van der Waals surface area contributed by atoms with Gasteiger partial charge in [-0.25, -0.2) is 0 Å². The summed E-state index contributed by atoms with van der Waals surface area (Å²) >= 11 is 0. The molecule has 4 heteroatoms. The molecule has 0 saturated heterocycles. The molecule has 0 unspecified atom stereocenters. The summed E-state index contributed by atoms with van der Waals surface area (Å²) in [5.41, 5.74) is 3.63. The van der Waals surface area contributed by atoms with Crippen LogP contribution in [0.3, 0.4) is 0 Å². The maximum absolute atomic E-state index is 12.4. The van der Waals surface area contributed by atoms with Gasteiger partial charge in [0.05, 0.1) is 10.9 Å². The second kappa shape index (κ2) is 6.96. The Morgan fingerprint density at radius 3 is 2.46 bits per heavy atom. The second-order valence-electron chi connectivity index (χ2n) is 7.21. The summed E-state index contributed by atoms with van der Waals surface area (Å²) in [6, 6.07) is 13.8. The van der Waals surface area contributed by atoms with Crippen LogP contribution >= 0.6 is 0 Å². The number of aromatic nitrogens is 1. The highest BCUT2D eigenvalue weighted by Crippen LogP contribution is 2.33. The third-order valence-electron chi connectivity index (χ3n) is 5.00. The number of nitrogens with one attached hydrogen (secondary N) is 1. The van der Waals surface area contributed by atoms with E-state index in [4.69, 9.17) is 4.42 Å². The first kappa shape index (κ1) is 16.9. The van der Waals surface area contributed by atoms with Crippen molar-refractivity contribution in [1.82, 2.24) is 9.88 Å². The van der Waals surface area contributed by atoms with E-state index < -0.39 is 0 Å². The smallest absolute Gasteiger partial charge is 0.256 e. The van der Waals surface area contributed by atoms with Crippen molar-refractivity contribution < 1.29 is 4.42 Å². The van der Waals surface area contributed by atoms with Crippen LogP contribution in [0.15, 0.2) is 51.7 Å². The maximum Gasteiger partial charge on any atom is 0.256 e. The van der Waals surface area contributed by atoms with E-state index in [-0.39, 0.29) is 5.56 Å². The molecule has 4 aromatic rings. The van der Waals surface area contributed by atoms with Gasteiger partial charge in [-0.15, -0.1) is 0 Å². The van der Waals surface area contributed by atoms with Crippen molar-refractivity contribution in [3.63, 3.8) is 0 Å². The molecule has 0 radical (unpaired) electrons. The monoisotopic (exact) mass is 348 g/mol. The Morgan fingerprint density at radius 1 is 0.885 bits per heavy atom. The molecule has 0 spiro atoms. The SMILES string of the molecule is CN(C)CCCCCc1cccc2c1oc1c3ccccc3c(=O)[nH]c21. The first-order chi connectivity index (χ1) is 12.6. The predicted molar refractivity (Wildman–Crippen MR) is 108 cm³/mol. The lowest BCUT2D eigenvalue weighted by Crippen LogP contribution is -2.12. The fourth-order valence-electron chi connectivity index (χ4n) is 3.67. The third-order valence-corrected chi connectivity index (χ3v) is 5.00. The molecule has 4 nitrogen and oxygen atoms in total. The molecule has 0 amide bonds. The van der Waals surface area contributed by atoms with Gasteiger partial charge in [0.1, 0.15) is 5.58 Å². The number of benzene rings is 2. The largest absolute Gasteiger partial charge is 0.453 e. The summed E-state index contributed by atoms with van der Waals surface area (Å²) in [6.07, 6.45) is 4.55. The molecule has 4 rings (SSSR count). The van der Waals surface area contributed by atoms with Crippen LogP contribution in [0.2, 0.25) is 0 Å². The van der Waals surface area contributed by atoms with Crippen LogP contribution < -0.4 is 5.56 Å². The van der Waals surface area contributed by atoms with Gasteiger partial charge < -0.3 is 14.3 Å². The van der Waals surface area contributed by atoms with Crippen molar-refractivity contribution in [3.05, 3.63) is 58.4 Å². The number of fused-ring (bicyclic) bond motifs is 5. The lowest BCUT2D eigenvalue weighted by atomic mass is 10.0. The molecular weight excluding hydrogens is 324 g/mol. The van der Waals surface area contributed by atoms with Crippen LogP contribution in [0.1, 0.15) is 24.8 Å². The normalized spacial score (nSPS) is 12.0. The summed E-state index contributed by atoms with van der Waals surface area (Å²) in [7, 11) is 4.22. The molecule has 0 aliphatic heterocycles. The van der Waals surface area contributed by atoms with E-state index in [9.17, 15) is 4.79 Å². The van der Waals surface area contributed by atoms with Crippen LogP contribution in [-0.4, -0.2) is 30.5 Å². The fraction of sp³-hybridized carbons (Fsp3) is 0.318. The highest BCUT2D eigenvalue weighted by Gasteiger charge is 2.15. The Kier molecular flexibility index (Phi) is 4.51. The van der Waals surface area contributed by atoms with Crippen molar-refractivity contribution in [2.24, 2.45) is 0 Å². The van der Waals surface area contributed by atoms with Crippen LogP contribution in [0.25, 0.3) is 32.8 Å². The number of H-pyrrole nitrogens is 1. The molecule has 2 aromatic carbocycles. The van der Waals surface area contributed by atoms with Crippen molar-refractivity contribution in [3.8, 4) is 0 Å². The van der Waals surface area contributed by atoms with Crippen LogP contribution in [0, 0.1) is 0 Å². The standard InChI is InChI=1S/C22H24N2O2/c1-24(2)14-7-3-4-9-15-10-8-13-18-19-21(26-20(15)18)16-11-5-6-12-17(16)22(25)23-19/h5-6,8,10-13H,3-4,7,9,14H2,1-2H3,(H,23,25). The summed E-state index contributed by atoms with van der Waals surface area (Å²) < 4.78 is 6.27. The van der Waals surface area contributed by atoms with Crippen LogP contribution in [0.5, 0.6) is 0 Å². The van der Waals surface area contributed by atoms with E-state index in [0.717, 1.165) is 46.8 Å². The van der Waals surface area contributed by atoms with E-state index >= 15 is 0 Å². The molecule has 0 saturated carbocycles. The highest BCUT2D eigenvalue weighted by molar-refractivity contribution is 6.12. The van der Waals surface area contributed by atoms with E-state index in [2.05, 4.69) is 36.1 Å². The van der Waals surface area contributed by atoms with E-state index in [1.54, 1.807) is 0 Å². The van der Waals surface area contributed by atoms with E-state index in [0.29, 0.717) is 5.39 Å². The van der Waals surface area contributed by atoms with Gasteiger partial charge in [0.25, 0.3) is 5.56 Å². The molecule has 0 aliphatic carbocycles. The summed E-state index contributed by atoms with van der Waals surface area (Å²) in [5, 5.41) is 2.54. The lowest BCUT2D eigenvalue weighted by molar-refractivity contribution is 0.391. The molecule has 134 valence electrons. The molecular formula is C22H24N2O2. The maximum atomic E-state index is 12.4. The van der Waals surface area contributed by atoms with Gasteiger partial charge in [0.15, 0.2) is 5.58 Å². The zero-order valence-electron chi connectivity index (χ0n) is 15.3. The number of rotatable bonds is 6. The zero-order valence-corrected chi connectivity index (χ0v) is 15.3. The van der Waals surface area contributed by atoms with Gasteiger partial charge in [0.2, 0.25) is 0 Å². The minimum absolute atomic E-state index is 0.0649. The average molecular weight is 348 g/mol. The van der Waals surface area contributed by atoms with Gasteiger partial charge in [-0.05, 0) is 57.6 Å². The number of unbranched alkanes of at least 4 members (excludes halogenated alkanes) is 2. The average Bonchev–Trinajstić information content (AvgIpc) is 3.01. The number of aromatic amines is 1. The van der Waals surface area contributed by atoms with Gasteiger partial charge in [-0.3, -0.25) is 4.79 Å². The summed E-state index contributed by atoms with van der Waals surface area (Å²) in [4.78, 5) is 17.7. The predicted octanol–water partition coefficient (Wildman–Crippen LogP) is 4.70.